The fourth-order valence-corrected chi connectivity index (χ4v) is 4.89. The Bertz CT molecular complexity index is 1140. The predicted molar refractivity (Wildman–Crippen MR) is 128 cm³/mol. The average Bonchev–Trinajstić information content (AvgIpc) is 2.80. The van der Waals surface area contributed by atoms with Gasteiger partial charge >= 0.3 is 0 Å². The van der Waals surface area contributed by atoms with E-state index < -0.39 is 0 Å². The second-order valence-electron chi connectivity index (χ2n) is 8.85. The molecule has 0 bridgehead atoms. The van der Waals surface area contributed by atoms with E-state index in [1.54, 1.807) is 24.3 Å². The van der Waals surface area contributed by atoms with Crippen LogP contribution in [-0.2, 0) is 6.54 Å². The number of allylic oxidation sites excluding steroid dienone is 1. The number of hydrogen-bond acceptors (Lipinski definition) is 4. The van der Waals surface area contributed by atoms with Crippen LogP contribution in [0.15, 0.2) is 66.7 Å². The van der Waals surface area contributed by atoms with E-state index in [1.807, 2.05) is 18.2 Å². The number of phenols is 2. The number of aromatic hydroxyl groups is 2. The van der Waals surface area contributed by atoms with E-state index in [0.29, 0.717) is 0 Å². The quantitative estimate of drug-likeness (QED) is 0.524. The van der Waals surface area contributed by atoms with Gasteiger partial charge in [-0.25, -0.2) is 0 Å². The minimum atomic E-state index is -0.294. The monoisotopic (exact) mass is 427 g/mol. The number of hydrogen-bond donors (Lipinski definition) is 2. The van der Waals surface area contributed by atoms with Crippen molar-refractivity contribution in [2.45, 2.75) is 38.8 Å². The Kier molecular flexibility index (Phi) is 5.62. The second-order valence-corrected chi connectivity index (χ2v) is 8.85. The van der Waals surface area contributed by atoms with Crippen molar-refractivity contribution in [2.75, 3.05) is 13.1 Å². The van der Waals surface area contributed by atoms with Gasteiger partial charge in [0.25, 0.3) is 0 Å². The molecule has 2 N–H and O–H groups in total. The molecule has 0 aromatic heterocycles. The molecule has 2 heterocycles. The van der Waals surface area contributed by atoms with Crippen LogP contribution in [0.1, 0.15) is 54.5 Å². The standard InChI is InChI=1S/C28H29NO3/c1-19-25-17-24(31)12-13-26(25)32-28(27(19)22-6-5-7-23(30)16-22)21-10-8-20(9-11-21)18-29-14-3-2-4-15-29/h5-13,16-17,28,30-31H,2-4,14-15,18H2,1H3. The van der Waals surface area contributed by atoms with Crippen molar-refractivity contribution < 1.29 is 14.9 Å². The van der Waals surface area contributed by atoms with Crippen molar-refractivity contribution in [3.8, 4) is 17.2 Å². The highest BCUT2D eigenvalue weighted by Gasteiger charge is 2.29. The van der Waals surface area contributed by atoms with Crippen LogP contribution in [-0.4, -0.2) is 28.2 Å². The van der Waals surface area contributed by atoms with Crippen LogP contribution in [0.25, 0.3) is 11.1 Å². The van der Waals surface area contributed by atoms with Gasteiger partial charge in [0.2, 0.25) is 0 Å². The molecule has 4 nitrogen and oxygen atoms in total. The highest BCUT2D eigenvalue weighted by Crippen LogP contribution is 2.47. The number of likely N-dealkylation sites (tertiary alicyclic amines) is 1. The summed E-state index contributed by atoms with van der Waals surface area (Å²) in [6.45, 7) is 5.40. The van der Waals surface area contributed by atoms with E-state index >= 15 is 0 Å². The summed E-state index contributed by atoms with van der Waals surface area (Å²) in [5, 5.41) is 20.1. The molecule has 1 unspecified atom stereocenters. The smallest absolute Gasteiger partial charge is 0.150 e. The van der Waals surface area contributed by atoms with Crippen LogP contribution in [0.5, 0.6) is 17.2 Å². The zero-order valence-electron chi connectivity index (χ0n) is 18.4. The van der Waals surface area contributed by atoms with Crippen molar-refractivity contribution in [1.82, 2.24) is 4.90 Å². The Hall–Kier alpha value is -3.24. The van der Waals surface area contributed by atoms with Crippen molar-refractivity contribution in [3.05, 3.63) is 89.0 Å². The van der Waals surface area contributed by atoms with E-state index in [9.17, 15) is 10.2 Å². The van der Waals surface area contributed by atoms with Crippen LogP contribution in [0.3, 0.4) is 0 Å². The first-order valence-electron chi connectivity index (χ1n) is 11.4. The second kappa shape index (κ2) is 8.71. The third-order valence-electron chi connectivity index (χ3n) is 6.57. The maximum Gasteiger partial charge on any atom is 0.150 e. The zero-order chi connectivity index (χ0) is 22.1. The van der Waals surface area contributed by atoms with Gasteiger partial charge in [-0.05, 0) is 85.5 Å². The summed E-state index contributed by atoms with van der Waals surface area (Å²) in [6.07, 6.45) is 3.63. The van der Waals surface area contributed by atoms with Gasteiger partial charge in [0, 0.05) is 17.7 Å². The molecule has 0 spiro atoms. The first kappa shape index (κ1) is 20.7. The molecule has 1 atom stereocenters. The molecule has 0 saturated carbocycles. The Morgan fingerprint density at radius 1 is 0.875 bits per heavy atom. The first-order valence-corrected chi connectivity index (χ1v) is 11.4. The van der Waals surface area contributed by atoms with Gasteiger partial charge < -0.3 is 14.9 Å². The summed E-state index contributed by atoms with van der Waals surface area (Å²) in [7, 11) is 0. The highest BCUT2D eigenvalue weighted by molar-refractivity contribution is 5.95. The lowest BCUT2D eigenvalue weighted by molar-refractivity contribution is 0.221. The molecular weight excluding hydrogens is 398 g/mol. The fraction of sp³-hybridized carbons (Fsp3) is 0.286. The number of fused-ring (bicyclic) bond motifs is 1. The summed E-state index contributed by atoms with van der Waals surface area (Å²) in [5.74, 6) is 1.19. The average molecular weight is 428 g/mol. The fourth-order valence-electron chi connectivity index (χ4n) is 4.89. The Morgan fingerprint density at radius 2 is 1.62 bits per heavy atom. The molecular formula is C28H29NO3. The van der Waals surface area contributed by atoms with Crippen molar-refractivity contribution >= 4 is 11.1 Å². The number of phenolic OH excluding ortho intramolecular Hbond substituents is 2. The van der Waals surface area contributed by atoms with Crippen LogP contribution in [0.2, 0.25) is 0 Å². The molecule has 5 rings (SSSR count). The van der Waals surface area contributed by atoms with E-state index in [4.69, 9.17) is 4.74 Å². The van der Waals surface area contributed by atoms with Crippen LogP contribution in [0, 0.1) is 0 Å². The molecule has 0 amide bonds. The van der Waals surface area contributed by atoms with E-state index in [1.165, 1.54) is 37.9 Å². The lowest BCUT2D eigenvalue weighted by atomic mass is 9.86. The maximum atomic E-state index is 10.1. The van der Waals surface area contributed by atoms with Crippen LogP contribution in [0.4, 0.5) is 0 Å². The SMILES string of the molecule is CC1=C(c2cccc(O)c2)C(c2ccc(CN3CCCCC3)cc2)Oc2ccc(O)cc21. The molecule has 0 radical (unpaired) electrons. The molecule has 1 fully saturated rings. The summed E-state index contributed by atoms with van der Waals surface area (Å²) < 4.78 is 6.48. The van der Waals surface area contributed by atoms with Gasteiger partial charge in [-0.15, -0.1) is 0 Å². The molecule has 2 aliphatic heterocycles. The van der Waals surface area contributed by atoms with Gasteiger partial charge in [-0.3, -0.25) is 4.90 Å². The largest absolute Gasteiger partial charge is 0.508 e. The molecule has 3 aromatic carbocycles. The Labute approximate surface area is 189 Å². The molecule has 32 heavy (non-hydrogen) atoms. The Morgan fingerprint density at radius 3 is 2.38 bits per heavy atom. The molecule has 0 aliphatic carbocycles. The van der Waals surface area contributed by atoms with Gasteiger partial charge in [-0.2, -0.15) is 0 Å². The topological polar surface area (TPSA) is 52.9 Å². The number of nitrogens with zero attached hydrogens (tertiary/aromatic N) is 1. The maximum absolute atomic E-state index is 10.1. The zero-order valence-corrected chi connectivity index (χ0v) is 18.4. The number of ether oxygens (including phenoxy) is 1. The number of benzene rings is 3. The molecule has 164 valence electrons. The van der Waals surface area contributed by atoms with Crippen molar-refractivity contribution in [3.63, 3.8) is 0 Å². The van der Waals surface area contributed by atoms with Gasteiger partial charge in [0.1, 0.15) is 23.4 Å². The summed E-state index contributed by atoms with van der Waals surface area (Å²) in [6, 6.07) is 21.2. The normalized spacial score (nSPS) is 18.8. The third kappa shape index (κ3) is 4.11. The number of piperidine rings is 1. The van der Waals surface area contributed by atoms with E-state index in [2.05, 4.69) is 36.1 Å². The summed E-state index contributed by atoms with van der Waals surface area (Å²) in [4.78, 5) is 2.53. The predicted octanol–water partition coefficient (Wildman–Crippen LogP) is 6.15. The minimum absolute atomic E-state index is 0.211. The van der Waals surface area contributed by atoms with Gasteiger partial charge in [0.15, 0.2) is 0 Å². The van der Waals surface area contributed by atoms with Crippen LogP contribution < -0.4 is 4.74 Å². The molecule has 1 saturated heterocycles. The first-order chi connectivity index (χ1) is 15.6. The highest BCUT2D eigenvalue weighted by atomic mass is 16.5. The molecule has 4 heteroatoms. The number of rotatable bonds is 4. The lowest BCUT2D eigenvalue weighted by Crippen LogP contribution is -2.29. The third-order valence-corrected chi connectivity index (χ3v) is 6.57. The van der Waals surface area contributed by atoms with E-state index in [0.717, 1.165) is 40.1 Å². The molecule has 2 aliphatic rings. The minimum Gasteiger partial charge on any atom is -0.508 e. The Balaban J connectivity index is 1.52. The molecule has 3 aromatic rings. The van der Waals surface area contributed by atoms with Crippen molar-refractivity contribution in [1.29, 1.82) is 0 Å². The summed E-state index contributed by atoms with van der Waals surface area (Å²) >= 11 is 0. The van der Waals surface area contributed by atoms with Gasteiger partial charge in [0.05, 0.1) is 0 Å². The van der Waals surface area contributed by atoms with Crippen molar-refractivity contribution in [2.24, 2.45) is 0 Å². The van der Waals surface area contributed by atoms with Crippen LogP contribution >= 0.6 is 0 Å². The summed E-state index contributed by atoms with van der Waals surface area (Å²) in [5.41, 5.74) is 6.22. The van der Waals surface area contributed by atoms with Gasteiger partial charge in [-0.1, -0.05) is 42.8 Å². The van der Waals surface area contributed by atoms with E-state index in [-0.39, 0.29) is 17.6 Å². The lowest BCUT2D eigenvalue weighted by Gasteiger charge is -2.31.